The van der Waals surface area contributed by atoms with E-state index >= 15 is 0 Å². The molecule has 0 aromatic heterocycles. The number of hydrogen-bond donors (Lipinski definition) is 1. The summed E-state index contributed by atoms with van der Waals surface area (Å²) in [6, 6.07) is 2.50. The Bertz CT molecular complexity index is 80.4. The Hall–Kier alpha value is -0.0400. The predicted molar refractivity (Wildman–Crippen MR) is 33.3 cm³/mol. The molecule has 1 heterocycles. The van der Waals surface area contributed by atoms with Crippen molar-refractivity contribution in [2.24, 2.45) is 0 Å². The average Bonchev–Trinajstić information content (AvgIpc) is 2.36. The van der Waals surface area contributed by atoms with Crippen molar-refractivity contribution < 1.29 is 0 Å². The number of hydrogen-bond acceptors (Lipinski definition) is 1. The monoisotopic (exact) mass is 110 g/mol. The molecule has 1 aliphatic carbocycles. The van der Waals surface area contributed by atoms with Crippen LogP contribution in [0.25, 0.3) is 0 Å². The Morgan fingerprint density at radius 1 is 1.25 bits per heavy atom. The quantitative estimate of drug-likeness (QED) is 0.468. The lowest BCUT2D eigenvalue weighted by atomic mass is 10.2. The topological polar surface area (TPSA) is 21.9 Å². The first kappa shape index (κ1) is 4.80. The standard InChI is InChI=1S/C7H12N/c1-2-4-6-7(8-6)5-3-1/h6,8H,1-5H2. The summed E-state index contributed by atoms with van der Waals surface area (Å²) in [6.07, 6.45) is 7.11. The van der Waals surface area contributed by atoms with E-state index in [0.29, 0.717) is 0 Å². The van der Waals surface area contributed by atoms with Gasteiger partial charge in [-0.3, -0.25) is 0 Å². The van der Waals surface area contributed by atoms with E-state index in [1.807, 2.05) is 0 Å². The molecule has 45 valence electrons. The van der Waals surface area contributed by atoms with Gasteiger partial charge in [0.15, 0.2) is 0 Å². The van der Waals surface area contributed by atoms with Gasteiger partial charge < -0.3 is 5.32 Å². The van der Waals surface area contributed by atoms with Crippen molar-refractivity contribution in [3.8, 4) is 0 Å². The second-order valence-electron chi connectivity index (χ2n) is 2.82. The highest BCUT2D eigenvalue weighted by Crippen LogP contribution is 2.33. The zero-order chi connectivity index (χ0) is 5.40. The van der Waals surface area contributed by atoms with Crippen LogP contribution in [0, 0.1) is 6.04 Å². The van der Waals surface area contributed by atoms with Crippen LogP contribution in [0.4, 0.5) is 0 Å². The Balaban J connectivity index is 1.89. The lowest BCUT2D eigenvalue weighted by molar-refractivity contribution is 0.659. The fourth-order valence-electron chi connectivity index (χ4n) is 1.52. The van der Waals surface area contributed by atoms with Crippen LogP contribution in [-0.2, 0) is 0 Å². The normalized spacial score (nSPS) is 38.2. The number of nitrogens with one attached hydrogen (secondary N) is 1. The average molecular weight is 110 g/mol. The molecule has 8 heavy (non-hydrogen) atoms. The first-order chi connectivity index (χ1) is 3.97. The van der Waals surface area contributed by atoms with Gasteiger partial charge in [-0.05, 0) is 12.8 Å². The molecule has 1 atom stereocenters. The highest BCUT2D eigenvalue weighted by atomic mass is 15.1. The van der Waals surface area contributed by atoms with E-state index in [1.54, 1.807) is 6.04 Å². The summed E-state index contributed by atoms with van der Waals surface area (Å²) in [5.41, 5.74) is 0. The van der Waals surface area contributed by atoms with Crippen molar-refractivity contribution in [1.29, 1.82) is 0 Å². The van der Waals surface area contributed by atoms with Crippen molar-refractivity contribution in [1.82, 2.24) is 5.32 Å². The van der Waals surface area contributed by atoms with E-state index in [4.69, 9.17) is 0 Å². The molecule has 1 unspecified atom stereocenters. The summed E-state index contributed by atoms with van der Waals surface area (Å²) in [6.45, 7) is 0. The molecule has 1 heteroatoms. The molecule has 0 aromatic carbocycles. The Morgan fingerprint density at radius 2 is 2.25 bits per heavy atom. The molecule has 0 amide bonds. The summed E-state index contributed by atoms with van der Waals surface area (Å²) in [4.78, 5) is 0. The van der Waals surface area contributed by atoms with Gasteiger partial charge >= 0.3 is 0 Å². The molecule has 1 aliphatic heterocycles. The van der Waals surface area contributed by atoms with Gasteiger partial charge in [0.05, 0.1) is 6.04 Å². The Morgan fingerprint density at radius 3 is 3.25 bits per heavy atom. The molecule has 1 radical (unpaired) electrons. The van der Waals surface area contributed by atoms with Crippen LogP contribution >= 0.6 is 0 Å². The fraction of sp³-hybridized carbons (Fsp3) is 0.857. The minimum atomic E-state index is 0.859. The third kappa shape index (κ3) is 0.752. The van der Waals surface area contributed by atoms with Gasteiger partial charge in [0, 0.05) is 6.04 Å². The summed E-state index contributed by atoms with van der Waals surface area (Å²) < 4.78 is 0. The van der Waals surface area contributed by atoms with Gasteiger partial charge in [-0.25, -0.2) is 0 Å². The SMILES string of the molecule is C1CC[C]2NC2CC1. The molecule has 2 fully saturated rings. The van der Waals surface area contributed by atoms with Crippen LogP contribution in [0.1, 0.15) is 32.1 Å². The van der Waals surface area contributed by atoms with E-state index in [-0.39, 0.29) is 0 Å². The maximum Gasteiger partial charge on any atom is 0.0537 e. The van der Waals surface area contributed by atoms with Crippen molar-refractivity contribution in [2.45, 2.75) is 38.1 Å². The van der Waals surface area contributed by atoms with Crippen molar-refractivity contribution >= 4 is 0 Å². The van der Waals surface area contributed by atoms with Gasteiger partial charge in [-0.1, -0.05) is 19.3 Å². The van der Waals surface area contributed by atoms with Gasteiger partial charge in [-0.2, -0.15) is 0 Å². The van der Waals surface area contributed by atoms with Crippen LogP contribution in [0.2, 0.25) is 0 Å². The van der Waals surface area contributed by atoms with Crippen molar-refractivity contribution in [3.63, 3.8) is 0 Å². The molecule has 2 aliphatic rings. The molecule has 0 aromatic rings. The Kier molecular flexibility index (Phi) is 1.04. The van der Waals surface area contributed by atoms with E-state index in [9.17, 15) is 0 Å². The largest absolute Gasteiger partial charge is 0.303 e. The van der Waals surface area contributed by atoms with Gasteiger partial charge in [-0.15, -0.1) is 0 Å². The lowest BCUT2D eigenvalue weighted by Gasteiger charge is -1.91. The maximum atomic E-state index is 3.39. The highest BCUT2D eigenvalue weighted by Gasteiger charge is 2.36. The minimum Gasteiger partial charge on any atom is -0.303 e. The van der Waals surface area contributed by atoms with Crippen molar-refractivity contribution in [2.75, 3.05) is 0 Å². The van der Waals surface area contributed by atoms with Crippen LogP contribution in [0.15, 0.2) is 0 Å². The molecule has 2 rings (SSSR count). The highest BCUT2D eigenvalue weighted by molar-refractivity contribution is 5.16. The fourth-order valence-corrected chi connectivity index (χ4v) is 1.52. The van der Waals surface area contributed by atoms with Crippen LogP contribution in [0.3, 0.4) is 0 Å². The number of rotatable bonds is 0. The molecule has 0 spiro atoms. The first-order valence-electron chi connectivity index (χ1n) is 3.59. The Labute approximate surface area is 50.5 Å². The molecule has 1 saturated heterocycles. The summed E-state index contributed by atoms with van der Waals surface area (Å²) in [7, 11) is 0. The van der Waals surface area contributed by atoms with Gasteiger partial charge in [0.25, 0.3) is 0 Å². The third-order valence-electron chi connectivity index (χ3n) is 2.14. The predicted octanol–water partition coefficient (Wildman–Crippen LogP) is 1.45. The summed E-state index contributed by atoms with van der Waals surface area (Å²) in [5.74, 6) is 0. The summed E-state index contributed by atoms with van der Waals surface area (Å²) in [5, 5.41) is 3.39. The van der Waals surface area contributed by atoms with E-state index in [1.165, 1.54) is 32.1 Å². The molecule has 0 bridgehead atoms. The molecule has 1 N–H and O–H groups in total. The van der Waals surface area contributed by atoms with Gasteiger partial charge in [0.2, 0.25) is 0 Å². The van der Waals surface area contributed by atoms with Crippen molar-refractivity contribution in [3.05, 3.63) is 6.04 Å². The third-order valence-corrected chi connectivity index (χ3v) is 2.14. The second-order valence-corrected chi connectivity index (χ2v) is 2.82. The molecular formula is C7H12N. The summed E-state index contributed by atoms with van der Waals surface area (Å²) >= 11 is 0. The molecular weight excluding hydrogens is 98.1 g/mol. The smallest absolute Gasteiger partial charge is 0.0537 e. The van der Waals surface area contributed by atoms with E-state index < -0.39 is 0 Å². The molecule has 1 nitrogen and oxygen atoms in total. The van der Waals surface area contributed by atoms with Crippen LogP contribution < -0.4 is 5.32 Å². The number of fused-ring (bicyclic) bond motifs is 1. The first-order valence-corrected chi connectivity index (χ1v) is 3.59. The van der Waals surface area contributed by atoms with Crippen LogP contribution in [-0.4, -0.2) is 6.04 Å². The van der Waals surface area contributed by atoms with Crippen LogP contribution in [0.5, 0.6) is 0 Å². The second kappa shape index (κ2) is 1.73. The maximum absolute atomic E-state index is 3.39. The minimum absolute atomic E-state index is 0.859. The molecule has 1 saturated carbocycles. The van der Waals surface area contributed by atoms with Gasteiger partial charge in [0.1, 0.15) is 0 Å². The lowest BCUT2D eigenvalue weighted by Crippen LogP contribution is -1.87. The van der Waals surface area contributed by atoms with E-state index in [2.05, 4.69) is 5.32 Å². The van der Waals surface area contributed by atoms with E-state index in [0.717, 1.165) is 6.04 Å². The zero-order valence-electron chi connectivity index (χ0n) is 5.11. The zero-order valence-corrected chi connectivity index (χ0v) is 5.11.